The van der Waals surface area contributed by atoms with Gasteiger partial charge < -0.3 is 10.1 Å². The van der Waals surface area contributed by atoms with Gasteiger partial charge in [0, 0.05) is 29.7 Å². The van der Waals surface area contributed by atoms with Crippen LogP contribution in [0.2, 0.25) is 0 Å². The minimum atomic E-state index is -3.57. The highest BCUT2D eigenvalue weighted by Gasteiger charge is 2.38. The average molecular weight is 457 g/mol. The van der Waals surface area contributed by atoms with Crippen molar-refractivity contribution in [3.8, 4) is 0 Å². The molecule has 1 aliphatic carbocycles. The third kappa shape index (κ3) is 4.16. The summed E-state index contributed by atoms with van der Waals surface area (Å²) in [5, 5.41) is 3.70. The van der Waals surface area contributed by atoms with Gasteiger partial charge in [-0.05, 0) is 72.9 Å². The van der Waals surface area contributed by atoms with Gasteiger partial charge in [-0.25, -0.2) is 13.1 Å². The first-order chi connectivity index (χ1) is 15.0. The molecule has 2 heterocycles. The summed E-state index contributed by atoms with van der Waals surface area (Å²) in [7, 11) is -3.57. The number of allylic oxidation sites excluding steroid dienone is 2. The fourth-order valence-corrected chi connectivity index (χ4v) is 6.48. The van der Waals surface area contributed by atoms with Gasteiger partial charge in [-0.15, -0.1) is 11.8 Å². The lowest BCUT2D eigenvalue weighted by Gasteiger charge is -2.37. The second-order valence-electron chi connectivity index (χ2n) is 8.48. The predicted octanol–water partition coefficient (Wildman–Crippen LogP) is 4.69. The molecular weight excluding hydrogens is 428 g/mol. The SMILES string of the molecule is CSc1ccc(C2Nc3ccc(S(=O)(=O)NCC4CCCO4)cc3C3C=CCC32)cc1. The van der Waals surface area contributed by atoms with Crippen LogP contribution in [0.3, 0.4) is 0 Å². The van der Waals surface area contributed by atoms with Crippen LogP contribution in [0.1, 0.15) is 42.3 Å². The summed E-state index contributed by atoms with van der Waals surface area (Å²) >= 11 is 1.74. The minimum absolute atomic E-state index is 0.0190. The van der Waals surface area contributed by atoms with Gasteiger partial charge >= 0.3 is 0 Å². The lowest BCUT2D eigenvalue weighted by atomic mass is 9.77. The highest BCUT2D eigenvalue weighted by Crippen LogP contribution is 2.50. The number of hydrogen-bond acceptors (Lipinski definition) is 5. The molecule has 31 heavy (non-hydrogen) atoms. The fraction of sp³-hybridized carbons (Fsp3) is 0.417. The van der Waals surface area contributed by atoms with Crippen LogP contribution in [0.4, 0.5) is 5.69 Å². The van der Waals surface area contributed by atoms with Crippen molar-refractivity contribution in [2.45, 2.75) is 47.1 Å². The molecule has 0 amide bonds. The molecule has 0 saturated carbocycles. The summed E-state index contributed by atoms with van der Waals surface area (Å²) in [6, 6.07) is 14.4. The number of anilines is 1. The Labute approximate surface area is 188 Å². The Morgan fingerprint density at radius 3 is 2.77 bits per heavy atom. The smallest absolute Gasteiger partial charge is 0.240 e. The first kappa shape index (κ1) is 21.1. The third-order valence-corrected chi connectivity index (χ3v) is 8.81. The van der Waals surface area contributed by atoms with E-state index in [0.717, 1.165) is 30.5 Å². The van der Waals surface area contributed by atoms with Crippen molar-refractivity contribution in [1.82, 2.24) is 4.72 Å². The van der Waals surface area contributed by atoms with E-state index < -0.39 is 10.0 Å². The molecule has 0 radical (unpaired) electrons. The molecule has 3 aliphatic rings. The van der Waals surface area contributed by atoms with Gasteiger partial charge in [0.15, 0.2) is 0 Å². The third-order valence-electron chi connectivity index (χ3n) is 6.64. The zero-order chi connectivity index (χ0) is 21.4. The maximum absolute atomic E-state index is 12.9. The van der Waals surface area contributed by atoms with Crippen molar-refractivity contribution >= 4 is 27.5 Å². The Kier molecular flexibility index (Phi) is 5.86. The number of rotatable bonds is 6. The topological polar surface area (TPSA) is 67.4 Å². The Hall–Kier alpha value is -1.80. The fourth-order valence-electron chi connectivity index (χ4n) is 4.97. The molecule has 1 fully saturated rings. The number of ether oxygens (including phenoxy) is 1. The summed E-state index contributed by atoms with van der Waals surface area (Å²) in [5.74, 6) is 0.597. The molecule has 0 bridgehead atoms. The van der Waals surface area contributed by atoms with E-state index in [1.54, 1.807) is 17.8 Å². The van der Waals surface area contributed by atoms with Gasteiger partial charge in [-0.1, -0.05) is 24.3 Å². The molecule has 2 N–H and O–H groups in total. The molecule has 0 aromatic heterocycles. The van der Waals surface area contributed by atoms with Gasteiger partial charge in [0.05, 0.1) is 17.0 Å². The van der Waals surface area contributed by atoms with Crippen molar-refractivity contribution < 1.29 is 13.2 Å². The number of benzene rings is 2. The van der Waals surface area contributed by atoms with Crippen LogP contribution >= 0.6 is 11.8 Å². The Morgan fingerprint density at radius 1 is 1.19 bits per heavy atom. The molecule has 2 aliphatic heterocycles. The van der Waals surface area contributed by atoms with Gasteiger partial charge in [0.2, 0.25) is 10.0 Å². The first-order valence-electron chi connectivity index (χ1n) is 10.9. The van der Waals surface area contributed by atoms with Crippen LogP contribution in [0.5, 0.6) is 0 Å². The number of thioether (sulfide) groups is 1. The molecule has 2 aromatic rings. The van der Waals surface area contributed by atoms with Crippen LogP contribution in [-0.4, -0.2) is 33.9 Å². The van der Waals surface area contributed by atoms with Crippen molar-refractivity contribution in [2.24, 2.45) is 5.92 Å². The van der Waals surface area contributed by atoms with E-state index in [0.29, 0.717) is 24.0 Å². The molecule has 4 atom stereocenters. The van der Waals surface area contributed by atoms with E-state index in [2.05, 4.69) is 52.7 Å². The second-order valence-corrected chi connectivity index (χ2v) is 11.1. The normalized spacial score (nSPS) is 27.0. The van der Waals surface area contributed by atoms with Gasteiger partial charge in [-0.2, -0.15) is 0 Å². The maximum atomic E-state index is 12.9. The van der Waals surface area contributed by atoms with Crippen LogP contribution in [-0.2, 0) is 14.8 Å². The monoisotopic (exact) mass is 456 g/mol. The molecule has 164 valence electrons. The summed E-state index contributed by atoms with van der Waals surface area (Å²) in [6.07, 6.45) is 9.42. The van der Waals surface area contributed by atoms with Crippen LogP contribution in [0.15, 0.2) is 64.4 Å². The van der Waals surface area contributed by atoms with Crippen LogP contribution in [0.25, 0.3) is 0 Å². The number of sulfonamides is 1. The lowest BCUT2D eigenvalue weighted by molar-refractivity contribution is 0.114. The highest BCUT2D eigenvalue weighted by atomic mass is 32.2. The summed E-state index contributed by atoms with van der Waals surface area (Å²) in [6.45, 7) is 1.05. The summed E-state index contributed by atoms with van der Waals surface area (Å²) < 4.78 is 34.1. The molecular formula is C24H28N2O3S2. The van der Waals surface area contributed by atoms with E-state index in [1.165, 1.54) is 10.5 Å². The Morgan fingerprint density at radius 2 is 2.03 bits per heavy atom. The van der Waals surface area contributed by atoms with Gasteiger partial charge in [-0.3, -0.25) is 0 Å². The minimum Gasteiger partial charge on any atom is -0.378 e. The summed E-state index contributed by atoms with van der Waals surface area (Å²) in [4.78, 5) is 1.58. The largest absolute Gasteiger partial charge is 0.378 e. The standard InChI is InChI=1S/C24H28N2O3S2/c1-30-18-9-7-16(8-10-18)24-21-6-2-5-20(21)22-14-19(11-12-23(22)26-24)31(27,28)25-15-17-4-3-13-29-17/h2,5,7-12,14,17,20-21,24-26H,3-4,6,13,15H2,1H3. The molecule has 0 spiro atoms. The Bertz CT molecular complexity index is 1080. The molecule has 4 unspecified atom stereocenters. The van der Waals surface area contributed by atoms with E-state index in [9.17, 15) is 8.42 Å². The zero-order valence-corrected chi connectivity index (χ0v) is 19.2. The highest BCUT2D eigenvalue weighted by molar-refractivity contribution is 7.98. The quantitative estimate of drug-likeness (QED) is 0.487. The summed E-state index contributed by atoms with van der Waals surface area (Å²) in [5.41, 5.74) is 3.36. The van der Waals surface area contributed by atoms with Gasteiger partial charge in [0.25, 0.3) is 0 Å². The second kappa shape index (κ2) is 8.62. The van der Waals surface area contributed by atoms with Crippen molar-refractivity contribution in [3.63, 3.8) is 0 Å². The van der Waals surface area contributed by atoms with E-state index in [1.807, 2.05) is 12.1 Å². The predicted molar refractivity (Wildman–Crippen MR) is 125 cm³/mol. The van der Waals surface area contributed by atoms with E-state index in [-0.39, 0.29) is 18.1 Å². The zero-order valence-electron chi connectivity index (χ0n) is 17.6. The van der Waals surface area contributed by atoms with E-state index in [4.69, 9.17) is 4.74 Å². The van der Waals surface area contributed by atoms with Crippen molar-refractivity contribution in [2.75, 3.05) is 24.7 Å². The van der Waals surface area contributed by atoms with Crippen LogP contribution < -0.4 is 10.0 Å². The molecule has 1 saturated heterocycles. The van der Waals surface area contributed by atoms with Crippen molar-refractivity contribution in [1.29, 1.82) is 0 Å². The first-order valence-corrected chi connectivity index (χ1v) is 13.6. The average Bonchev–Trinajstić information content (AvgIpc) is 3.49. The van der Waals surface area contributed by atoms with E-state index >= 15 is 0 Å². The van der Waals surface area contributed by atoms with Crippen LogP contribution in [0, 0.1) is 5.92 Å². The number of hydrogen-bond donors (Lipinski definition) is 2. The van der Waals surface area contributed by atoms with Crippen molar-refractivity contribution in [3.05, 3.63) is 65.7 Å². The molecule has 5 nitrogen and oxygen atoms in total. The lowest BCUT2D eigenvalue weighted by Crippen LogP contribution is -2.32. The maximum Gasteiger partial charge on any atom is 0.240 e. The Balaban J connectivity index is 1.41. The molecule has 2 aromatic carbocycles. The number of fused-ring (bicyclic) bond motifs is 3. The molecule has 5 rings (SSSR count). The number of nitrogens with one attached hydrogen (secondary N) is 2. The molecule has 7 heteroatoms. The van der Waals surface area contributed by atoms with Gasteiger partial charge in [0.1, 0.15) is 0 Å².